The molecule has 1 N–H and O–H groups in total. The quantitative estimate of drug-likeness (QED) is 0.792. The van der Waals surface area contributed by atoms with Crippen molar-refractivity contribution in [3.05, 3.63) is 71.8 Å². The smallest absolute Gasteiger partial charge is 0.223 e. The van der Waals surface area contributed by atoms with Crippen LogP contribution >= 0.6 is 0 Å². The van der Waals surface area contributed by atoms with Gasteiger partial charge >= 0.3 is 0 Å². The van der Waals surface area contributed by atoms with Gasteiger partial charge in [0, 0.05) is 37.9 Å². The maximum Gasteiger partial charge on any atom is 0.223 e. The lowest BCUT2D eigenvalue weighted by Crippen LogP contribution is -2.43. The van der Waals surface area contributed by atoms with Crippen molar-refractivity contribution in [2.24, 2.45) is 5.92 Å². The fraction of sp³-hybridized carbons (Fsp3) is 0.417. The molecule has 1 heterocycles. The summed E-state index contributed by atoms with van der Waals surface area (Å²) in [7, 11) is 0. The summed E-state index contributed by atoms with van der Waals surface area (Å²) in [6.07, 6.45) is 2.98. The van der Waals surface area contributed by atoms with E-state index in [4.69, 9.17) is 0 Å². The van der Waals surface area contributed by atoms with E-state index < -0.39 is 0 Å². The summed E-state index contributed by atoms with van der Waals surface area (Å²) in [5.74, 6) is 0.462. The molecular weight excluding hydrogens is 348 g/mol. The Bertz CT molecular complexity index is 713. The molecule has 0 saturated carbocycles. The maximum absolute atomic E-state index is 12.8. The first-order valence-corrected chi connectivity index (χ1v) is 10.3. The molecule has 2 amide bonds. The van der Waals surface area contributed by atoms with Crippen LogP contribution < -0.4 is 5.32 Å². The van der Waals surface area contributed by atoms with Gasteiger partial charge in [0.25, 0.3) is 0 Å². The summed E-state index contributed by atoms with van der Waals surface area (Å²) in [6, 6.07) is 20.6. The Balaban J connectivity index is 1.58. The van der Waals surface area contributed by atoms with Crippen LogP contribution in [-0.2, 0) is 9.59 Å². The van der Waals surface area contributed by atoms with E-state index in [0.29, 0.717) is 26.1 Å². The summed E-state index contributed by atoms with van der Waals surface area (Å²) >= 11 is 0. The van der Waals surface area contributed by atoms with Crippen LogP contribution in [0.1, 0.15) is 49.7 Å². The van der Waals surface area contributed by atoms with E-state index in [1.165, 1.54) is 11.1 Å². The molecule has 4 heteroatoms. The highest BCUT2D eigenvalue weighted by Gasteiger charge is 2.27. The van der Waals surface area contributed by atoms with E-state index in [2.05, 4.69) is 29.6 Å². The Kier molecular flexibility index (Phi) is 7.24. The average Bonchev–Trinajstić information content (AvgIpc) is 2.75. The fourth-order valence-electron chi connectivity index (χ4n) is 3.91. The molecular formula is C24H30N2O2. The Hall–Kier alpha value is -2.62. The molecule has 0 aliphatic carbocycles. The summed E-state index contributed by atoms with van der Waals surface area (Å²) in [5, 5.41) is 3.18. The van der Waals surface area contributed by atoms with Crippen LogP contribution in [0.2, 0.25) is 0 Å². The minimum atomic E-state index is -0.00197. The molecule has 1 aliphatic rings. The van der Waals surface area contributed by atoms with E-state index in [1.807, 2.05) is 48.2 Å². The minimum Gasteiger partial charge on any atom is -0.355 e. The third-order valence-corrected chi connectivity index (χ3v) is 5.57. The zero-order chi connectivity index (χ0) is 19.8. The average molecular weight is 379 g/mol. The van der Waals surface area contributed by atoms with E-state index >= 15 is 0 Å². The normalized spacial score (nSPS) is 14.9. The van der Waals surface area contributed by atoms with E-state index in [-0.39, 0.29) is 23.7 Å². The first-order valence-electron chi connectivity index (χ1n) is 10.3. The van der Waals surface area contributed by atoms with Gasteiger partial charge in [-0.25, -0.2) is 0 Å². The van der Waals surface area contributed by atoms with E-state index in [1.54, 1.807) is 0 Å². The monoisotopic (exact) mass is 378 g/mol. The highest BCUT2D eigenvalue weighted by atomic mass is 16.2. The van der Waals surface area contributed by atoms with Gasteiger partial charge in [0.2, 0.25) is 11.8 Å². The van der Waals surface area contributed by atoms with Crippen molar-refractivity contribution in [3.63, 3.8) is 0 Å². The molecule has 3 rings (SSSR count). The van der Waals surface area contributed by atoms with Crippen molar-refractivity contribution in [2.75, 3.05) is 19.6 Å². The van der Waals surface area contributed by atoms with Crippen molar-refractivity contribution in [1.29, 1.82) is 0 Å². The van der Waals surface area contributed by atoms with Crippen LogP contribution in [-0.4, -0.2) is 36.3 Å². The molecule has 4 nitrogen and oxygen atoms in total. The number of hydrogen-bond donors (Lipinski definition) is 1. The lowest BCUT2D eigenvalue weighted by molar-refractivity contribution is -0.135. The van der Waals surface area contributed by atoms with Gasteiger partial charge in [-0.05, 0) is 30.4 Å². The molecule has 28 heavy (non-hydrogen) atoms. The second kappa shape index (κ2) is 10.1. The summed E-state index contributed by atoms with van der Waals surface area (Å²) in [4.78, 5) is 26.7. The molecule has 0 aromatic heterocycles. The van der Waals surface area contributed by atoms with E-state index in [9.17, 15) is 9.59 Å². The Morgan fingerprint density at radius 2 is 1.50 bits per heavy atom. The molecule has 1 aliphatic heterocycles. The lowest BCUT2D eigenvalue weighted by atomic mass is 9.90. The summed E-state index contributed by atoms with van der Waals surface area (Å²) in [5.41, 5.74) is 2.41. The van der Waals surface area contributed by atoms with Crippen LogP contribution in [0.3, 0.4) is 0 Å². The van der Waals surface area contributed by atoms with Gasteiger partial charge in [-0.1, -0.05) is 67.6 Å². The first-order chi connectivity index (χ1) is 13.7. The number of piperidine rings is 1. The number of benzene rings is 2. The molecule has 0 unspecified atom stereocenters. The van der Waals surface area contributed by atoms with Crippen LogP contribution in [0.15, 0.2) is 60.7 Å². The van der Waals surface area contributed by atoms with Crippen LogP contribution in [0.4, 0.5) is 0 Å². The number of carbonyl (C=O) groups is 2. The zero-order valence-corrected chi connectivity index (χ0v) is 16.6. The topological polar surface area (TPSA) is 49.4 Å². The molecule has 2 aromatic rings. The van der Waals surface area contributed by atoms with Gasteiger partial charge in [-0.2, -0.15) is 0 Å². The Morgan fingerprint density at radius 3 is 2.00 bits per heavy atom. The molecule has 148 valence electrons. The molecule has 1 saturated heterocycles. The number of carbonyl (C=O) groups excluding carboxylic acids is 2. The van der Waals surface area contributed by atoms with Gasteiger partial charge in [-0.15, -0.1) is 0 Å². The van der Waals surface area contributed by atoms with Crippen LogP contribution in [0.25, 0.3) is 0 Å². The second-order valence-corrected chi connectivity index (χ2v) is 7.52. The minimum absolute atomic E-state index is 0.00197. The predicted octanol–water partition coefficient (Wildman–Crippen LogP) is 3.97. The third kappa shape index (κ3) is 5.22. The van der Waals surface area contributed by atoms with Crippen molar-refractivity contribution < 1.29 is 9.59 Å². The SMILES string of the molecule is CCCC(=O)N1CCC(C(=O)NCC(c2ccccc2)c2ccccc2)CC1. The maximum atomic E-state index is 12.8. The largest absolute Gasteiger partial charge is 0.355 e. The summed E-state index contributed by atoms with van der Waals surface area (Å²) in [6.45, 7) is 3.99. The van der Waals surface area contributed by atoms with Crippen LogP contribution in [0, 0.1) is 5.92 Å². The molecule has 0 radical (unpaired) electrons. The van der Waals surface area contributed by atoms with Crippen molar-refractivity contribution in [3.8, 4) is 0 Å². The number of rotatable bonds is 7. The van der Waals surface area contributed by atoms with Gasteiger partial charge in [0.1, 0.15) is 0 Å². The van der Waals surface area contributed by atoms with Crippen molar-refractivity contribution >= 4 is 11.8 Å². The van der Waals surface area contributed by atoms with Crippen LogP contribution in [0.5, 0.6) is 0 Å². The number of likely N-dealkylation sites (tertiary alicyclic amines) is 1. The summed E-state index contributed by atoms with van der Waals surface area (Å²) < 4.78 is 0. The van der Waals surface area contributed by atoms with Gasteiger partial charge in [-0.3, -0.25) is 9.59 Å². The van der Waals surface area contributed by atoms with Crippen molar-refractivity contribution in [1.82, 2.24) is 10.2 Å². The molecule has 2 aromatic carbocycles. The molecule has 0 spiro atoms. The Labute approximate surface area is 167 Å². The van der Waals surface area contributed by atoms with Gasteiger partial charge in [0.15, 0.2) is 0 Å². The number of nitrogens with zero attached hydrogens (tertiary/aromatic N) is 1. The highest BCUT2D eigenvalue weighted by Crippen LogP contribution is 2.24. The standard InChI is InChI=1S/C24H30N2O2/c1-2-9-23(27)26-16-14-21(15-17-26)24(28)25-18-22(19-10-5-3-6-11-19)20-12-7-4-8-13-20/h3-8,10-13,21-22H,2,9,14-18H2,1H3,(H,25,28). The Morgan fingerprint density at radius 1 is 0.964 bits per heavy atom. The number of hydrogen-bond acceptors (Lipinski definition) is 2. The predicted molar refractivity (Wildman–Crippen MR) is 112 cm³/mol. The lowest BCUT2D eigenvalue weighted by Gasteiger charge is -2.31. The number of amides is 2. The fourth-order valence-corrected chi connectivity index (χ4v) is 3.91. The molecule has 0 atom stereocenters. The first kappa shape index (κ1) is 20.1. The third-order valence-electron chi connectivity index (χ3n) is 5.57. The van der Waals surface area contributed by atoms with Gasteiger partial charge in [0.05, 0.1) is 0 Å². The molecule has 1 fully saturated rings. The van der Waals surface area contributed by atoms with Gasteiger partial charge < -0.3 is 10.2 Å². The van der Waals surface area contributed by atoms with E-state index in [0.717, 1.165) is 19.3 Å². The molecule has 0 bridgehead atoms. The van der Waals surface area contributed by atoms with Crippen molar-refractivity contribution in [2.45, 2.75) is 38.5 Å². The highest BCUT2D eigenvalue weighted by molar-refractivity contribution is 5.80. The zero-order valence-electron chi connectivity index (χ0n) is 16.6. The number of nitrogens with one attached hydrogen (secondary N) is 1. The second-order valence-electron chi connectivity index (χ2n) is 7.52.